The van der Waals surface area contributed by atoms with Crippen molar-refractivity contribution in [1.29, 1.82) is 0 Å². The minimum absolute atomic E-state index is 0.128. The van der Waals surface area contributed by atoms with Crippen LogP contribution in [0.25, 0.3) is 11.6 Å². The molecular formula is C24H17ClF3NO3. The lowest BCUT2D eigenvalue weighted by molar-refractivity contribution is -0.137. The van der Waals surface area contributed by atoms with Crippen molar-refractivity contribution in [3.05, 3.63) is 87.9 Å². The zero-order valence-electron chi connectivity index (χ0n) is 16.8. The van der Waals surface area contributed by atoms with Crippen molar-refractivity contribution >= 4 is 34.8 Å². The van der Waals surface area contributed by atoms with E-state index in [-0.39, 0.29) is 17.9 Å². The summed E-state index contributed by atoms with van der Waals surface area (Å²) < 4.78 is 50.1. The number of carbonyl (C=O) groups excluding carboxylic acids is 1. The molecule has 0 bridgehead atoms. The zero-order chi connectivity index (χ0) is 22.9. The first-order valence-electron chi connectivity index (χ1n) is 9.55. The molecule has 1 aliphatic rings. The normalized spacial score (nSPS) is 14.3. The third-order valence-corrected chi connectivity index (χ3v) is 5.34. The standard InChI is InChI=1S/C24H17ClF3NO3/c1-31-22-11-14(6-9-21(22)32-13-15-4-2-3-5-19(15)25)10-18-17-8-7-16(24(26,27)28)12-20(17)29-23(18)30/h2-12H,13H2,1H3,(H,29,30)/b18-10-. The summed E-state index contributed by atoms with van der Waals surface area (Å²) in [6.45, 7) is 0.244. The molecule has 3 aromatic carbocycles. The van der Waals surface area contributed by atoms with Crippen molar-refractivity contribution in [2.24, 2.45) is 0 Å². The number of nitrogens with one attached hydrogen (secondary N) is 1. The van der Waals surface area contributed by atoms with Crippen LogP contribution in [-0.4, -0.2) is 13.0 Å². The number of hydrogen-bond donors (Lipinski definition) is 1. The molecule has 0 spiro atoms. The molecule has 1 heterocycles. The number of rotatable bonds is 5. The van der Waals surface area contributed by atoms with E-state index in [4.69, 9.17) is 21.1 Å². The SMILES string of the molecule is COc1cc(/C=C2\C(=O)Nc3cc(C(F)(F)F)ccc32)ccc1OCc1ccccc1Cl. The van der Waals surface area contributed by atoms with Gasteiger partial charge in [-0.2, -0.15) is 13.2 Å². The average Bonchev–Trinajstić information content (AvgIpc) is 3.07. The quantitative estimate of drug-likeness (QED) is 0.447. The molecule has 1 amide bonds. The van der Waals surface area contributed by atoms with Gasteiger partial charge in [0.05, 0.1) is 12.7 Å². The van der Waals surface area contributed by atoms with Crippen molar-refractivity contribution in [2.75, 3.05) is 12.4 Å². The second-order valence-corrected chi connectivity index (χ2v) is 7.47. The van der Waals surface area contributed by atoms with Gasteiger partial charge in [-0.15, -0.1) is 0 Å². The summed E-state index contributed by atoms with van der Waals surface area (Å²) in [5.74, 6) is 0.454. The third-order valence-electron chi connectivity index (χ3n) is 4.97. The number of alkyl halides is 3. The maximum absolute atomic E-state index is 13.0. The molecule has 0 atom stereocenters. The molecule has 0 saturated carbocycles. The fourth-order valence-electron chi connectivity index (χ4n) is 3.34. The molecular weight excluding hydrogens is 443 g/mol. The molecule has 8 heteroatoms. The van der Waals surface area contributed by atoms with Crippen LogP contribution in [0.1, 0.15) is 22.3 Å². The first-order chi connectivity index (χ1) is 15.3. The molecule has 0 aliphatic carbocycles. The van der Waals surface area contributed by atoms with Gasteiger partial charge < -0.3 is 14.8 Å². The Kier molecular flexibility index (Phi) is 5.84. The van der Waals surface area contributed by atoms with Crippen LogP contribution in [0, 0.1) is 0 Å². The van der Waals surface area contributed by atoms with Gasteiger partial charge in [0.25, 0.3) is 5.91 Å². The highest BCUT2D eigenvalue weighted by Crippen LogP contribution is 2.39. The van der Waals surface area contributed by atoms with Gasteiger partial charge in [-0.1, -0.05) is 41.9 Å². The number of methoxy groups -OCH3 is 1. The van der Waals surface area contributed by atoms with E-state index < -0.39 is 17.6 Å². The maximum Gasteiger partial charge on any atom is 0.416 e. The molecule has 0 saturated heterocycles. The Morgan fingerprint density at radius 3 is 2.53 bits per heavy atom. The van der Waals surface area contributed by atoms with Crippen LogP contribution in [0.15, 0.2) is 60.7 Å². The summed E-state index contributed by atoms with van der Waals surface area (Å²) >= 11 is 6.15. The van der Waals surface area contributed by atoms with E-state index in [0.29, 0.717) is 27.6 Å². The third kappa shape index (κ3) is 4.43. The summed E-state index contributed by atoms with van der Waals surface area (Å²) in [6, 6.07) is 15.6. The number of fused-ring (bicyclic) bond motifs is 1. The van der Waals surface area contributed by atoms with E-state index in [0.717, 1.165) is 17.7 Å². The number of carbonyl (C=O) groups is 1. The lowest BCUT2D eigenvalue weighted by atomic mass is 10.0. The van der Waals surface area contributed by atoms with E-state index in [1.807, 2.05) is 18.2 Å². The van der Waals surface area contributed by atoms with Gasteiger partial charge in [-0.25, -0.2) is 0 Å². The highest BCUT2D eigenvalue weighted by Gasteiger charge is 2.33. The van der Waals surface area contributed by atoms with Gasteiger partial charge in [0.15, 0.2) is 11.5 Å². The van der Waals surface area contributed by atoms with Crippen molar-refractivity contribution < 1.29 is 27.4 Å². The van der Waals surface area contributed by atoms with Gasteiger partial charge in [0.2, 0.25) is 0 Å². The van der Waals surface area contributed by atoms with Crippen LogP contribution in [0.4, 0.5) is 18.9 Å². The number of amides is 1. The number of benzene rings is 3. The molecule has 0 unspecified atom stereocenters. The number of halogens is 4. The van der Waals surface area contributed by atoms with Crippen LogP contribution in [-0.2, 0) is 17.6 Å². The Morgan fingerprint density at radius 2 is 1.81 bits per heavy atom. The van der Waals surface area contributed by atoms with Gasteiger partial charge >= 0.3 is 6.18 Å². The van der Waals surface area contributed by atoms with Crippen LogP contribution in [0.2, 0.25) is 5.02 Å². The van der Waals surface area contributed by atoms with E-state index in [1.165, 1.54) is 13.2 Å². The smallest absolute Gasteiger partial charge is 0.416 e. The number of ether oxygens (including phenoxy) is 2. The Morgan fingerprint density at radius 1 is 1.03 bits per heavy atom. The maximum atomic E-state index is 13.0. The van der Waals surface area contributed by atoms with E-state index in [9.17, 15) is 18.0 Å². The largest absolute Gasteiger partial charge is 0.493 e. The summed E-state index contributed by atoms with van der Waals surface area (Å²) in [7, 11) is 1.49. The fraction of sp³-hybridized carbons (Fsp3) is 0.125. The molecule has 4 nitrogen and oxygen atoms in total. The van der Waals surface area contributed by atoms with Crippen molar-refractivity contribution in [3.63, 3.8) is 0 Å². The van der Waals surface area contributed by atoms with Crippen LogP contribution < -0.4 is 14.8 Å². The first kappa shape index (κ1) is 21.8. The minimum atomic E-state index is -4.49. The Hall–Kier alpha value is -3.45. The van der Waals surface area contributed by atoms with Crippen molar-refractivity contribution in [3.8, 4) is 11.5 Å². The monoisotopic (exact) mass is 459 g/mol. The molecule has 32 heavy (non-hydrogen) atoms. The van der Waals surface area contributed by atoms with E-state index >= 15 is 0 Å². The number of anilines is 1. The molecule has 0 radical (unpaired) electrons. The van der Waals surface area contributed by atoms with Crippen LogP contribution >= 0.6 is 11.6 Å². The minimum Gasteiger partial charge on any atom is -0.493 e. The number of hydrogen-bond acceptors (Lipinski definition) is 3. The topological polar surface area (TPSA) is 47.6 Å². The Balaban J connectivity index is 1.60. The van der Waals surface area contributed by atoms with Gasteiger partial charge in [-0.05, 0) is 42.0 Å². The summed E-state index contributed by atoms with van der Waals surface area (Å²) in [4.78, 5) is 12.4. The molecule has 0 fully saturated rings. The molecule has 0 aromatic heterocycles. The first-order valence-corrected chi connectivity index (χ1v) is 9.93. The van der Waals surface area contributed by atoms with Gasteiger partial charge in [0, 0.05) is 27.4 Å². The highest BCUT2D eigenvalue weighted by molar-refractivity contribution is 6.35. The van der Waals surface area contributed by atoms with E-state index in [1.54, 1.807) is 30.3 Å². The predicted octanol–water partition coefficient (Wildman–Crippen LogP) is 6.44. The predicted molar refractivity (Wildman–Crippen MR) is 117 cm³/mol. The van der Waals surface area contributed by atoms with Gasteiger partial charge in [0.1, 0.15) is 6.61 Å². The summed E-state index contributed by atoms with van der Waals surface area (Å²) in [5, 5.41) is 3.08. The highest BCUT2D eigenvalue weighted by atomic mass is 35.5. The molecule has 3 aromatic rings. The van der Waals surface area contributed by atoms with Gasteiger partial charge in [-0.3, -0.25) is 4.79 Å². The zero-order valence-corrected chi connectivity index (χ0v) is 17.6. The Bertz CT molecular complexity index is 1220. The van der Waals surface area contributed by atoms with Crippen molar-refractivity contribution in [1.82, 2.24) is 0 Å². The molecule has 1 aliphatic heterocycles. The molecule has 164 valence electrons. The lowest BCUT2D eigenvalue weighted by Gasteiger charge is -2.12. The second kappa shape index (κ2) is 8.59. The van der Waals surface area contributed by atoms with Crippen LogP contribution in [0.3, 0.4) is 0 Å². The lowest BCUT2D eigenvalue weighted by Crippen LogP contribution is -2.06. The molecule has 4 rings (SSSR count). The second-order valence-electron chi connectivity index (χ2n) is 7.06. The van der Waals surface area contributed by atoms with Crippen LogP contribution in [0.5, 0.6) is 11.5 Å². The summed E-state index contributed by atoms with van der Waals surface area (Å²) in [6.07, 6.45) is -2.89. The van der Waals surface area contributed by atoms with E-state index in [2.05, 4.69) is 5.32 Å². The van der Waals surface area contributed by atoms with Crippen molar-refractivity contribution in [2.45, 2.75) is 12.8 Å². The molecule has 1 N–H and O–H groups in total. The summed E-state index contributed by atoms with van der Waals surface area (Å²) in [5.41, 5.74) is 1.42. The average molecular weight is 460 g/mol. The fourth-order valence-corrected chi connectivity index (χ4v) is 3.54. The Labute approximate surface area is 187 Å².